The fourth-order valence-electron chi connectivity index (χ4n) is 8.12. The lowest BCUT2D eigenvalue weighted by atomic mass is 10.0. The molecular weight excluding hydrogens is 925 g/mol. The minimum Gasteiger partial charge on any atom is -0.462 e. The molecule has 0 N–H and O–H groups in total. The summed E-state index contributed by atoms with van der Waals surface area (Å²) in [6.07, 6.45) is 87.4. The van der Waals surface area contributed by atoms with Gasteiger partial charge < -0.3 is 14.2 Å². The van der Waals surface area contributed by atoms with Crippen LogP contribution in [0.25, 0.3) is 0 Å². The Morgan fingerprint density at radius 2 is 0.520 bits per heavy atom. The second kappa shape index (κ2) is 62.1. The molecule has 0 aromatic carbocycles. The summed E-state index contributed by atoms with van der Waals surface area (Å²) in [6, 6.07) is 0. The number of esters is 3. The van der Waals surface area contributed by atoms with E-state index in [1.54, 1.807) is 0 Å². The van der Waals surface area contributed by atoms with Gasteiger partial charge in [0.25, 0.3) is 0 Å². The Bertz CT molecular complexity index is 1620. The molecule has 0 heterocycles. The average molecular weight is 1040 g/mol. The first kappa shape index (κ1) is 70.5. The first-order valence-corrected chi connectivity index (χ1v) is 30.7. The van der Waals surface area contributed by atoms with Crippen LogP contribution in [0.1, 0.15) is 265 Å². The van der Waals surface area contributed by atoms with Crippen LogP contribution >= 0.6 is 0 Å². The van der Waals surface area contributed by atoms with Crippen LogP contribution < -0.4 is 0 Å². The average Bonchev–Trinajstić information content (AvgIpc) is 3.41. The van der Waals surface area contributed by atoms with Crippen LogP contribution in [0, 0.1) is 0 Å². The molecule has 0 aromatic heterocycles. The molecule has 1 atom stereocenters. The van der Waals surface area contributed by atoms with Crippen molar-refractivity contribution in [2.45, 2.75) is 271 Å². The number of rotatable bonds is 54. The largest absolute Gasteiger partial charge is 0.462 e. The first-order valence-electron chi connectivity index (χ1n) is 30.7. The summed E-state index contributed by atoms with van der Waals surface area (Å²) >= 11 is 0. The van der Waals surface area contributed by atoms with Crippen molar-refractivity contribution < 1.29 is 28.6 Å². The first-order chi connectivity index (χ1) is 37.0. The topological polar surface area (TPSA) is 78.9 Å². The summed E-state index contributed by atoms with van der Waals surface area (Å²) in [7, 11) is 0. The van der Waals surface area contributed by atoms with Crippen LogP contribution in [0.3, 0.4) is 0 Å². The van der Waals surface area contributed by atoms with Gasteiger partial charge in [0.05, 0.1) is 0 Å². The van der Waals surface area contributed by atoms with Crippen molar-refractivity contribution in [2.24, 2.45) is 0 Å². The summed E-state index contributed by atoms with van der Waals surface area (Å²) in [5.41, 5.74) is 0. The number of hydrogen-bond donors (Lipinski definition) is 0. The molecule has 0 aliphatic rings. The van der Waals surface area contributed by atoms with E-state index in [1.807, 2.05) is 0 Å². The number of allylic oxidation sites excluding steroid dienone is 22. The Kier molecular flexibility index (Phi) is 58.4. The Morgan fingerprint density at radius 1 is 0.280 bits per heavy atom. The maximum absolute atomic E-state index is 12.9. The summed E-state index contributed by atoms with van der Waals surface area (Å²) in [4.78, 5) is 38.2. The third-order valence-corrected chi connectivity index (χ3v) is 12.7. The van der Waals surface area contributed by atoms with Crippen molar-refractivity contribution >= 4 is 17.9 Å². The molecule has 0 amide bonds. The normalized spacial score (nSPS) is 13.1. The van der Waals surface area contributed by atoms with E-state index in [4.69, 9.17) is 14.2 Å². The fourth-order valence-corrected chi connectivity index (χ4v) is 8.12. The molecule has 0 aliphatic heterocycles. The zero-order valence-electron chi connectivity index (χ0n) is 48.5. The summed E-state index contributed by atoms with van der Waals surface area (Å²) in [5, 5.41) is 0. The smallest absolute Gasteiger partial charge is 0.306 e. The third-order valence-electron chi connectivity index (χ3n) is 12.7. The molecule has 0 saturated heterocycles. The number of carbonyl (C=O) groups is 3. The van der Waals surface area contributed by atoms with Gasteiger partial charge in [0.2, 0.25) is 0 Å². The molecule has 0 fully saturated rings. The quantitative estimate of drug-likeness (QED) is 0.0261. The van der Waals surface area contributed by atoms with E-state index < -0.39 is 6.10 Å². The van der Waals surface area contributed by atoms with Crippen LogP contribution in [-0.4, -0.2) is 37.2 Å². The SMILES string of the molecule is CC/C=C\C/C=C\C/C=C\C/C=C\C/C=C\C/C=C\C/C=C\CCCCCCCC(=O)OCC(COC(=O)CCCCCCCCCCCCCCCCC)OC(=O)CCCC/C=C\C/C=C\C/C=C\C/C=C\CC. The summed E-state index contributed by atoms with van der Waals surface area (Å²) in [5.74, 6) is -0.964. The van der Waals surface area contributed by atoms with E-state index in [1.165, 1.54) is 77.0 Å². The second-order valence-electron chi connectivity index (χ2n) is 19.9. The van der Waals surface area contributed by atoms with E-state index in [0.717, 1.165) is 141 Å². The molecular formula is C69H112O6. The van der Waals surface area contributed by atoms with Crippen LogP contribution in [0.2, 0.25) is 0 Å². The van der Waals surface area contributed by atoms with Crippen molar-refractivity contribution in [3.63, 3.8) is 0 Å². The number of carbonyl (C=O) groups excluding carboxylic acids is 3. The minimum absolute atomic E-state index is 0.103. The predicted octanol–water partition coefficient (Wildman–Crippen LogP) is 21.0. The van der Waals surface area contributed by atoms with Gasteiger partial charge in [0.15, 0.2) is 6.10 Å². The highest BCUT2D eigenvalue weighted by Gasteiger charge is 2.19. The van der Waals surface area contributed by atoms with E-state index in [2.05, 4.69) is 154 Å². The maximum atomic E-state index is 12.9. The fraction of sp³-hybridized carbons (Fsp3) is 0.638. The van der Waals surface area contributed by atoms with Crippen LogP contribution in [0.15, 0.2) is 134 Å². The predicted molar refractivity (Wildman–Crippen MR) is 325 cm³/mol. The van der Waals surface area contributed by atoms with Gasteiger partial charge in [-0.2, -0.15) is 0 Å². The molecule has 0 rings (SSSR count). The van der Waals surface area contributed by atoms with Crippen molar-refractivity contribution in [1.29, 1.82) is 0 Å². The van der Waals surface area contributed by atoms with Crippen LogP contribution in [0.5, 0.6) is 0 Å². The van der Waals surface area contributed by atoms with Gasteiger partial charge in [-0.15, -0.1) is 0 Å². The van der Waals surface area contributed by atoms with Gasteiger partial charge in [-0.3, -0.25) is 14.4 Å². The summed E-state index contributed by atoms with van der Waals surface area (Å²) in [6.45, 7) is 6.37. The van der Waals surface area contributed by atoms with Crippen molar-refractivity contribution in [3.8, 4) is 0 Å². The second-order valence-corrected chi connectivity index (χ2v) is 19.9. The number of hydrogen-bond acceptors (Lipinski definition) is 6. The lowest BCUT2D eigenvalue weighted by Crippen LogP contribution is -2.30. The monoisotopic (exact) mass is 1040 g/mol. The highest BCUT2D eigenvalue weighted by Crippen LogP contribution is 2.15. The molecule has 0 aromatic rings. The minimum atomic E-state index is -0.812. The zero-order valence-corrected chi connectivity index (χ0v) is 48.5. The third kappa shape index (κ3) is 60.3. The summed E-state index contributed by atoms with van der Waals surface area (Å²) < 4.78 is 16.8. The Morgan fingerprint density at radius 3 is 0.840 bits per heavy atom. The lowest BCUT2D eigenvalue weighted by molar-refractivity contribution is -0.167. The highest BCUT2D eigenvalue weighted by molar-refractivity contribution is 5.71. The maximum Gasteiger partial charge on any atom is 0.306 e. The zero-order chi connectivity index (χ0) is 54.3. The lowest BCUT2D eigenvalue weighted by Gasteiger charge is -2.18. The molecule has 0 bridgehead atoms. The van der Waals surface area contributed by atoms with Crippen molar-refractivity contribution in [1.82, 2.24) is 0 Å². The Labute approximate surface area is 462 Å². The highest BCUT2D eigenvalue weighted by atomic mass is 16.6. The van der Waals surface area contributed by atoms with E-state index in [0.29, 0.717) is 19.3 Å². The molecule has 0 radical (unpaired) electrons. The molecule has 0 saturated carbocycles. The molecule has 75 heavy (non-hydrogen) atoms. The van der Waals surface area contributed by atoms with Gasteiger partial charge in [0, 0.05) is 19.3 Å². The van der Waals surface area contributed by atoms with Crippen molar-refractivity contribution in [3.05, 3.63) is 134 Å². The Hall–Kier alpha value is -4.45. The van der Waals surface area contributed by atoms with Gasteiger partial charge >= 0.3 is 17.9 Å². The molecule has 6 heteroatoms. The van der Waals surface area contributed by atoms with Crippen LogP contribution in [-0.2, 0) is 28.6 Å². The van der Waals surface area contributed by atoms with Gasteiger partial charge in [-0.05, 0) is 116 Å². The molecule has 0 aliphatic carbocycles. The van der Waals surface area contributed by atoms with Gasteiger partial charge in [0.1, 0.15) is 13.2 Å². The van der Waals surface area contributed by atoms with E-state index in [-0.39, 0.29) is 37.5 Å². The van der Waals surface area contributed by atoms with Gasteiger partial charge in [-0.1, -0.05) is 264 Å². The van der Waals surface area contributed by atoms with E-state index >= 15 is 0 Å². The van der Waals surface area contributed by atoms with Crippen molar-refractivity contribution in [2.75, 3.05) is 13.2 Å². The number of unbranched alkanes of at least 4 members (excludes halogenated alkanes) is 21. The number of ether oxygens (including phenoxy) is 3. The Balaban J connectivity index is 4.43. The standard InChI is InChI=1S/C69H112O6/c1-4-7-10-13-16-19-22-25-28-29-30-31-32-33-34-35-36-37-38-39-42-44-47-50-53-56-59-62-68(71)74-65-66(75-69(72)63-60-57-54-51-48-45-41-27-24-21-18-15-12-9-6-3)64-73-67(70)61-58-55-52-49-46-43-40-26-23-20-17-14-11-8-5-2/h7,9-10,12,16,18-19,21,25,27-28,30-31,33-34,36-37,39,41-42,48,51,66H,4-6,8,11,13-15,17,20,22-24,26,29,32,35,38,40,43-47,49-50,52-65H2,1-3H3/b10-7-,12-9-,19-16-,21-18-,28-25-,31-30-,34-33-,37-36-,41-27-,42-39-,51-48-. The van der Waals surface area contributed by atoms with Crippen LogP contribution in [0.4, 0.5) is 0 Å². The molecule has 0 spiro atoms. The van der Waals surface area contributed by atoms with E-state index in [9.17, 15) is 14.4 Å². The molecule has 1 unspecified atom stereocenters. The van der Waals surface area contributed by atoms with Gasteiger partial charge in [-0.25, -0.2) is 0 Å². The molecule has 424 valence electrons. The molecule has 6 nitrogen and oxygen atoms in total.